The summed E-state index contributed by atoms with van der Waals surface area (Å²) in [6.45, 7) is 0.702. The Labute approximate surface area is 115 Å². The van der Waals surface area contributed by atoms with E-state index in [1.165, 1.54) is 0 Å². The Bertz CT molecular complexity index is 590. The molecule has 3 nitrogen and oxygen atoms in total. The summed E-state index contributed by atoms with van der Waals surface area (Å²) in [5.74, 6) is 0.704. The van der Waals surface area contributed by atoms with E-state index in [0.717, 1.165) is 10.0 Å². The minimum Gasteiger partial charge on any atom is -0.354 e. The minimum atomic E-state index is 0.590. The first-order valence-corrected chi connectivity index (χ1v) is 6.31. The summed E-state index contributed by atoms with van der Waals surface area (Å²) in [5, 5.41) is 9.06. The lowest BCUT2D eigenvalue weighted by atomic mass is 10.2. The van der Waals surface area contributed by atoms with Gasteiger partial charge in [0.05, 0.1) is 5.56 Å². The van der Waals surface area contributed by atoms with Crippen molar-refractivity contribution in [2.75, 3.05) is 11.9 Å². The number of halogens is 1. The largest absolute Gasteiger partial charge is 0.354 e. The number of anilines is 1. The summed E-state index contributed by atoms with van der Waals surface area (Å²) >= 11 is 3.52. The highest BCUT2D eigenvalue weighted by molar-refractivity contribution is 9.10. The molecular formula is C14H12BrN3. The fourth-order valence-electron chi connectivity index (χ4n) is 1.75. The summed E-state index contributed by atoms with van der Waals surface area (Å²) in [7, 11) is 1.93. The Kier molecular flexibility index (Phi) is 3.96. The average Bonchev–Trinajstić information content (AvgIpc) is 2.41. The number of nitriles is 1. The number of benzene rings is 1. The fraction of sp³-hybridized carbons (Fsp3) is 0.143. The maximum atomic E-state index is 9.06. The zero-order valence-corrected chi connectivity index (χ0v) is 11.6. The van der Waals surface area contributed by atoms with Crippen LogP contribution in [0.5, 0.6) is 0 Å². The lowest BCUT2D eigenvalue weighted by Gasteiger charge is -2.19. The average molecular weight is 302 g/mol. The molecule has 0 amide bonds. The highest BCUT2D eigenvalue weighted by Crippen LogP contribution is 2.21. The summed E-state index contributed by atoms with van der Waals surface area (Å²) in [4.78, 5) is 6.23. The van der Waals surface area contributed by atoms with Crippen LogP contribution < -0.4 is 4.90 Å². The molecule has 0 saturated heterocycles. The van der Waals surface area contributed by atoms with Crippen molar-refractivity contribution in [1.82, 2.24) is 4.98 Å². The van der Waals surface area contributed by atoms with Gasteiger partial charge in [-0.3, -0.25) is 0 Å². The first kappa shape index (κ1) is 12.6. The van der Waals surface area contributed by atoms with Crippen molar-refractivity contribution in [2.24, 2.45) is 0 Å². The Hall–Kier alpha value is -1.86. The number of pyridine rings is 1. The Morgan fingerprint density at radius 2 is 2.06 bits per heavy atom. The van der Waals surface area contributed by atoms with E-state index in [1.54, 1.807) is 18.3 Å². The summed E-state index contributed by atoms with van der Waals surface area (Å²) < 4.78 is 1.06. The lowest BCUT2D eigenvalue weighted by Crippen LogP contribution is -2.19. The molecule has 1 heterocycles. The van der Waals surface area contributed by atoms with E-state index in [-0.39, 0.29) is 0 Å². The molecule has 4 heteroatoms. The predicted octanol–water partition coefficient (Wildman–Crippen LogP) is 3.35. The van der Waals surface area contributed by atoms with Gasteiger partial charge in [-0.25, -0.2) is 4.98 Å². The van der Waals surface area contributed by atoms with Gasteiger partial charge < -0.3 is 4.90 Å². The Morgan fingerprint density at radius 3 is 2.78 bits per heavy atom. The number of aromatic nitrogens is 1. The number of nitrogens with zero attached hydrogens (tertiary/aromatic N) is 3. The molecule has 0 spiro atoms. The molecule has 0 aliphatic carbocycles. The van der Waals surface area contributed by atoms with Crippen molar-refractivity contribution in [1.29, 1.82) is 5.26 Å². The van der Waals surface area contributed by atoms with Gasteiger partial charge in [-0.2, -0.15) is 5.26 Å². The highest BCUT2D eigenvalue weighted by Gasteiger charge is 2.09. The van der Waals surface area contributed by atoms with Crippen molar-refractivity contribution < 1.29 is 0 Å². The normalized spacial score (nSPS) is 9.83. The molecular weight excluding hydrogens is 290 g/mol. The van der Waals surface area contributed by atoms with Gasteiger partial charge in [0.1, 0.15) is 11.9 Å². The lowest BCUT2D eigenvalue weighted by molar-refractivity contribution is 0.891. The Morgan fingerprint density at radius 1 is 1.28 bits per heavy atom. The van der Waals surface area contributed by atoms with Crippen molar-refractivity contribution >= 4 is 21.7 Å². The third-order valence-electron chi connectivity index (χ3n) is 2.63. The highest BCUT2D eigenvalue weighted by atomic mass is 79.9. The van der Waals surface area contributed by atoms with Gasteiger partial charge in [-0.15, -0.1) is 0 Å². The van der Waals surface area contributed by atoms with E-state index in [4.69, 9.17) is 5.26 Å². The third kappa shape index (κ3) is 2.69. The standard InChI is InChI=1S/C14H12BrN3/c1-18(10-12-5-2-3-7-13(12)15)14-11(9-16)6-4-8-17-14/h2-8H,10H2,1H3. The topological polar surface area (TPSA) is 39.9 Å². The van der Waals surface area contributed by atoms with Crippen LogP contribution in [0.25, 0.3) is 0 Å². The molecule has 1 aromatic carbocycles. The molecule has 2 rings (SSSR count). The van der Waals surface area contributed by atoms with E-state index in [1.807, 2.05) is 30.1 Å². The maximum Gasteiger partial charge on any atom is 0.146 e. The first-order chi connectivity index (χ1) is 8.72. The molecule has 1 aromatic heterocycles. The van der Waals surface area contributed by atoms with Gasteiger partial charge in [0.15, 0.2) is 0 Å². The maximum absolute atomic E-state index is 9.06. The smallest absolute Gasteiger partial charge is 0.146 e. The molecule has 0 aliphatic rings. The van der Waals surface area contributed by atoms with Gasteiger partial charge in [-0.1, -0.05) is 34.1 Å². The van der Waals surface area contributed by atoms with Crippen molar-refractivity contribution in [3.63, 3.8) is 0 Å². The van der Waals surface area contributed by atoms with Crippen molar-refractivity contribution in [3.05, 3.63) is 58.2 Å². The zero-order chi connectivity index (χ0) is 13.0. The number of rotatable bonds is 3. The third-order valence-corrected chi connectivity index (χ3v) is 3.41. The fourth-order valence-corrected chi connectivity index (χ4v) is 2.16. The van der Waals surface area contributed by atoms with Gasteiger partial charge in [0.2, 0.25) is 0 Å². The van der Waals surface area contributed by atoms with Crippen LogP contribution in [0.4, 0.5) is 5.82 Å². The molecule has 0 radical (unpaired) electrons. The molecule has 90 valence electrons. The quantitative estimate of drug-likeness (QED) is 0.873. The van der Waals surface area contributed by atoms with Crippen LogP contribution in [-0.4, -0.2) is 12.0 Å². The van der Waals surface area contributed by atoms with Crippen LogP contribution in [0.15, 0.2) is 47.1 Å². The molecule has 18 heavy (non-hydrogen) atoms. The van der Waals surface area contributed by atoms with E-state index in [9.17, 15) is 0 Å². The molecule has 0 saturated carbocycles. The van der Waals surface area contributed by atoms with Crippen molar-refractivity contribution in [2.45, 2.75) is 6.54 Å². The van der Waals surface area contributed by atoms with Gasteiger partial charge in [0, 0.05) is 24.3 Å². The Balaban J connectivity index is 2.26. The summed E-state index contributed by atoms with van der Waals surface area (Å²) in [6, 6.07) is 13.7. The molecule has 0 unspecified atom stereocenters. The molecule has 0 fully saturated rings. The first-order valence-electron chi connectivity index (χ1n) is 5.52. The monoisotopic (exact) mass is 301 g/mol. The van der Waals surface area contributed by atoms with Crippen LogP contribution in [-0.2, 0) is 6.54 Å². The van der Waals surface area contributed by atoms with E-state index in [2.05, 4.69) is 33.0 Å². The summed E-state index contributed by atoms with van der Waals surface area (Å²) in [5.41, 5.74) is 1.75. The molecule has 0 bridgehead atoms. The molecule has 2 aromatic rings. The van der Waals surface area contributed by atoms with Crippen LogP contribution in [0, 0.1) is 11.3 Å². The second kappa shape index (κ2) is 5.65. The zero-order valence-electron chi connectivity index (χ0n) is 9.97. The van der Waals surface area contributed by atoms with E-state index >= 15 is 0 Å². The SMILES string of the molecule is CN(Cc1ccccc1Br)c1ncccc1C#N. The van der Waals surface area contributed by atoms with Gasteiger partial charge in [-0.05, 0) is 23.8 Å². The minimum absolute atomic E-state index is 0.590. The van der Waals surface area contributed by atoms with Crippen LogP contribution in [0.1, 0.15) is 11.1 Å². The van der Waals surface area contributed by atoms with E-state index < -0.39 is 0 Å². The summed E-state index contributed by atoms with van der Waals surface area (Å²) in [6.07, 6.45) is 1.70. The van der Waals surface area contributed by atoms with Crippen LogP contribution in [0.2, 0.25) is 0 Å². The van der Waals surface area contributed by atoms with Crippen LogP contribution >= 0.6 is 15.9 Å². The van der Waals surface area contributed by atoms with Gasteiger partial charge >= 0.3 is 0 Å². The number of hydrogen-bond acceptors (Lipinski definition) is 3. The molecule has 0 atom stereocenters. The van der Waals surface area contributed by atoms with Gasteiger partial charge in [0.25, 0.3) is 0 Å². The van der Waals surface area contributed by atoms with Crippen LogP contribution in [0.3, 0.4) is 0 Å². The molecule has 0 aliphatic heterocycles. The van der Waals surface area contributed by atoms with Crippen molar-refractivity contribution in [3.8, 4) is 6.07 Å². The predicted molar refractivity (Wildman–Crippen MR) is 75.2 cm³/mol. The molecule has 0 N–H and O–H groups in total. The second-order valence-electron chi connectivity index (χ2n) is 3.93. The number of hydrogen-bond donors (Lipinski definition) is 0. The van der Waals surface area contributed by atoms with E-state index in [0.29, 0.717) is 17.9 Å². The second-order valence-corrected chi connectivity index (χ2v) is 4.79.